The van der Waals surface area contributed by atoms with Crippen molar-refractivity contribution in [1.82, 2.24) is 39.7 Å². The van der Waals surface area contributed by atoms with Crippen LogP contribution in [0.1, 0.15) is 73.1 Å². The van der Waals surface area contributed by atoms with Crippen LogP contribution < -0.4 is 38.8 Å². The van der Waals surface area contributed by atoms with Gasteiger partial charge >= 0.3 is 5.69 Å². The third-order valence-electron chi connectivity index (χ3n) is 9.07. The lowest BCUT2D eigenvalue weighted by atomic mass is 10.1. The molecule has 3 aromatic heterocycles. The lowest BCUT2D eigenvalue weighted by Gasteiger charge is -2.16. The Balaban J connectivity index is 0.00000399. The van der Waals surface area contributed by atoms with E-state index in [1.807, 2.05) is 25.0 Å². The molecule has 0 saturated carbocycles. The molecule has 0 fully saturated rings. The zero-order chi connectivity index (χ0) is 40.5. The number of para-hydroxylation sites is 1. The van der Waals surface area contributed by atoms with Gasteiger partial charge in [0.15, 0.2) is 11.3 Å². The van der Waals surface area contributed by atoms with E-state index in [-0.39, 0.29) is 54.1 Å². The van der Waals surface area contributed by atoms with Crippen LogP contribution in [0.2, 0.25) is 0 Å². The van der Waals surface area contributed by atoms with Crippen molar-refractivity contribution in [1.29, 1.82) is 0 Å². The van der Waals surface area contributed by atoms with Crippen LogP contribution in [-0.2, 0) is 27.9 Å². The third-order valence-corrected chi connectivity index (χ3v) is 9.07. The van der Waals surface area contributed by atoms with Crippen molar-refractivity contribution >= 4 is 59.0 Å². The van der Waals surface area contributed by atoms with Crippen molar-refractivity contribution in [3.05, 3.63) is 64.1 Å². The number of carbonyl (C=O) groups excluding carboxylic acids is 4. The maximum atomic E-state index is 13.3. The first kappa shape index (κ1) is 43.7. The van der Waals surface area contributed by atoms with Crippen LogP contribution in [0.15, 0.2) is 46.6 Å². The van der Waals surface area contributed by atoms with Crippen LogP contribution in [-0.4, -0.2) is 100 Å². The van der Waals surface area contributed by atoms with Crippen molar-refractivity contribution in [2.75, 3.05) is 39.0 Å². The number of amides is 2. The van der Waals surface area contributed by atoms with E-state index in [0.29, 0.717) is 36.2 Å². The number of nitrogens with one attached hydrogen (secondary N) is 3. The summed E-state index contributed by atoms with van der Waals surface area (Å²) in [6.07, 6.45) is 9.73. The van der Waals surface area contributed by atoms with Crippen molar-refractivity contribution in [3.63, 3.8) is 0 Å². The summed E-state index contributed by atoms with van der Waals surface area (Å²) in [7, 11) is 3.23. The summed E-state index contributed by atoms with van der Waals surface area (Å²) in [4.78, 5) is 66.5. The monoisotopic (exact) mass is 764 g/mol. The zero-order valence-corrected chi connectivity index (χ0v) is 31.7. The van der Waals surface area contributed by atoms with Crippen molar-refractivity contribution in [2.45, 2.75) is 70.1 Å². The standard InChI is InChI=1S/C36H51FN12O4.CH2O/c1-23(37)19-45-35(52)30-22-44-33-31(40)27(21-46-49(30)33)25(18-39)20-43-26(12-14-38)13-16-42-15-5-4-8-24-9-6-10-28-32(24)47(3)36(53)48(28)29(11-7-17-50)34(51)41-2;1-2/h6,9-10,17-18,20-23,26,29,42H,4-5,7-8,11-16,19,38-40H2,1-3H3,(H,41,51)(H,45,52);1H2/b25-18+,43-20?;. The normalized spacial score (nSPS) is 13.4. The average molecular weight is 765 g/mol. The van der Waals surface area contributed by atoms with E-state index in [2.05, 4.69) is 26.0 Å². The van der Waals surface area contributed by atoms with Crippen LogP contribution >= 0.6 is 0 Å². The lowest BCUT2D eigenvalue weighted by Crippen LogP contribution is -2.36. The first-order chi connectivity index (χ1) is 26.6. The number of carbonyl (C=O) groups is 4. The summed E-state index contributed by atoms with van der Waals surface area (Å²) in [6.45, 7) is 5.17. The number of fused-ring (bicyclic) bond motifs is 2. The number of aromatic nitrogens is 5. The highest BCUT2D eigenvalue weighted by Crippen LogP contribution is 2.25. The van der Waals surface area contributed by atoms with Crippen LogP contribution in [0.4, 0.5) is 10.1 Å². The molecule has 3 unspecified atom stereocenters. The minimum Gasteiger partial charge on any atom is -0.404 e. The number of allylic oxidation sites excluding steroid dienone is 1. The SMILES string of the molecule is C=O.CNC(=O)C(CCC=O)n1c(=O)n(C)c2c(CCCCNCCC(CCN)N=C/C(=C\N)c3cnn4c(C(=O)NCC(C)F)cnc4c3N)cccc21. The fourth-order valence-electron chi connectivity index (χ4n) is 6.29. The molecule has 17 nitrogen and oxygen atoms in total. The molecule has 0 aliphatic heterocycles. The molecule has 4 rings (SSSR count). The van der Waals surface area contributed by atoms with Gasteiger partial charge in [0.2, 0.25) is 5.91 Å². The van der Waals surface area contributed by atoms with E-state index in [0.717, 1.165) is 49.6 Å². The molecule has 0 aliphatic carbocycles. The molecule has 1 aromatic carbocycles. The third kappa shape index (κ3) is 10.9. The summed E-state index contributed by atoms with van der Waals surface area (Å²) in [5, 5.41) is 12.9. The van der Waals surface area contributed by atoms with E-state index in [4.69, 9.17) is 27.0 Å². The molecule has 3 atom stereocenters. The molecule has 0 aliphatic rings. The van der Waals surface area contributed by atoms with E-state index in [1.54, 1.807) is 17.8 Å². The highest BCUT2D eigenvalue weighted by Gasteiger charge is 2.25. The Morgan fingerprint density at radius 1 is 1.13 bits per heavy atom. The number of nitrogens with two attached hydrogens (primary N) is 3. The second-order valence-corrected chi connectivity index (χ2v) is 12.8. The molecule has 3 heterocycles. The maximum absolute atomic E-state index is 13.3. The fourth-order valence-corrected chi connectivity index (χ4v) is 6.29. The maximum Gasteiger partial charge on any atom is 0.329 e. The van der Waals surface area contributed by atoms with Gasteiger partial charge in [-0.1, -0.05) is 12.1 Å². The van der Waals surface area contributed by atoms with Gasteiger partial charge in [-0.25, -0.2) is 18.7 Å². The first-order valence-corrected chi connectivity index (χ1v) is 18.1. The molecule has 0 bridgehead atoms. The lowest BCUT2D eigenvalue weighted by molar-refractivity contribution is -0.124. The van der Waals surface area contributed by atoms with Crippen molar-refractivity contribution in [3.8, 4) is 0 Å². The predicted octanol–water partition coefficient (Wildman–Crippen LogP) is 1.22. The number of hydrogen-bond acceptors (Lipinski definition) is 12. The summed E-state index contributed by atoms with van der Waals surface area (Å²) in [5.41, 5.74) is 22.1. The average Bonchev–Trinajstić information content (AvgIpc) is 3.74. The summed E-state index contributed by atoms with van der Waals surface area (Å²) >= 11 is 0. The zero-order valence-electron chi connectivity index (χ0n) is 31.7. The van der Waals surface area contributed by atoms with Crippen molar-refractivity contribution < 1.29 is 23.6 Å². The number of halogens is 1. The molecule has 2 amide bonds. The van der Waals surface area contributed by atoms with Gasteiger partial charge in [0.05, 0.1) is 35.2 Å². The number of unbranched alkanes of at least 4 members (excludes halogenated alkanes) is 1. The topological polar surface area (TPSA) is 252 Å². The number of aryl methyl sites for hydroxylation is 2. The fraction of sp³-hybridized carbons (Fsp3) is 0.459. The number of rotatable bonds is 21. The molecule has 0 saturated heterocycles. The van der Waals surface area contributed by atoms with Crippen molar-refractivity contribution in [2.24, 2.45) is 23.5 Å². The molecular formula is C37H53FN12O5. The smallest absolute Gasteiger partial charge is 0.329 e. The van der Waals surface area contributed by atoms with E-state index in [1.165, 1.54) is 41.6 Å². The Bertz CT molecular complexity index is 2020. The summed E-state index contributed by atoms with van der Waals surface area (Å²) < 4.78 is 17.6. The number of imidazole rings is 2. The number of benzene rings is 1. The minimum atomic E-state index is -1.20. The largest absolute Gasteiger partial charge is 0.404 e. The van der Waals surface area contributed by atoms with Gasteiger partial charge in [-0.05, 0) is 76.7 Å². The second-order valence-electron chi connectivity index (χ2n) is 12.8. The number of aliphatic imine (C=N–C) groups is 1. The molecule has 298 valence electrons. The molecule has 4 aromatic rings. The van der Waals surface area contributed by atoms with Gasteiger partial charge < -0.3 is 42.7 Å². The number of hydrogen-bond donors (Lipinski definition) is 6. The number of nitrogens with zero attached hydrogens (tertiary/aromatic N) is 6. The van der Waals surface area contributed by atoms with Crippen LogP contribution in [0, 0.1) is 0 Å². The Morgan fingerprint density at radius 3 is 2.56 bits per heavy atom. The Hall–Kier alpha value is -5.75. The van der Waals surface area contributed by atoms with E-state index >= 15 is 0 Å². The van der Waals surface area contributed by atoms with Crippen LogP contribution in [0.5, 0.6) is 0 Å². The first-order valence-electron chi connectivity index (χ1n) is 18.1. The Morgan fingerprint density at radius 2 is 1.89 bits per heavy atom. The van der Waals surface area contributed by atoms with Gasteiger partial charge in [-0.3, -0.25) is 23.7 Å². The van der Waals surface area contributed by atoms with E-state index in [9.17, 15) is 23.6 Å². The number of alkyl halides is 1. The highest BCUT2D eigenvalue weighted by molar-refractivity contribution is 6.12. The molecule has 55 heavy (non-hydrogen) atoms. The molecule has 18 heteroatoms. The molecule has 9 N–H and O–H groups in total. The van der Waals surface area contributed by atoms with Crippen LogP contribution in [0.3, 0.4) is 0 Å². The van der Waals surface area contributed by atoms with Gasteiger partial charge in [0.25, 0.3) is 5.91 Å². The van der Waals surface area contributed by atoms with Gasteiger partial charge in [0.1, 0.15) is 25.3 Å². The quantitative estimate of drug-likeness (QED) is 0.0400. The summed E-state index contributed by atoms with van der Waals surface area (Å²) in [5.74, 6) is -0.831. The van der Waals surface area contributed by atoms with Gasteiger partial charge in [0, 0.05) is 50.6 Å². The number of aldehydes is 1. The molecular weight excluding hydrogens is 711 g/mol. The number of nitrogen functional groups attached to an aromatic ring is 1. The molecule has 0 radical (unpaired) electrons. The van der Waals surface area contributed by atoms with E-state index < -0.39 is 18.1 Å². The van der Waals surface area contributed by atoms with Gasteiger partial charge in [-0.2, -0.15) is 5.10 Å². The Kier molecular flexibility index (Phi) is 17.3. The Labute approximate surface area is 318 Å². The number of likely N-dealkylation sites (N-methyl/N-ethyl adjacent to an activating group) is 1. The summed E-state index contributed by atoms with van der Waals surface area (Å²) in [6, 6.07) is 4.89. The second kappa shape index (κ2) is 21.8. The van der Waals surface area contributed by atoms with Crippen LogP contribution in [0.25, 0.3) is 22.3 Å². The number of anilines is 1. The molecule has 0 spiro atoms. The minimum absolute atomic E-state index is 0.0759. The van der Waals surface area contributed by atoms with Gasteiger partial charge in [-0.15, -0.1) is 0 Å². The highest BCUT2D eigenvalue weighted by atomic mass is 19.1. The predicted molar refractivity (Wildman–Crippen MR) is 212 cm³/mol.